The zero-order chi connectivity index (χ0) is 19.1. The highest BCUT2D eigenvalue weighted by atomic mass is 35.5. The maximum atomic E-state index is 12.5. The first kappa shape index (κ1) is 20.1. The van der Waals surface area contributed by atoms with Crippen molar-refractivity contribution in [3.8, 4) is 5.75 Å². The van der Waals surface area contributed by atoms with E-state index in [0.29, 0.717) is 28.0 Å². The number of anilines is 1. The van der Waals surface area contributed by atoms with Gasteiger partial charge >= 0.3 is 0 Å². The van der Waals surface area contributed by atoms with Gasteiger partial charge < -0.3 is 15.0 Å². The Morgan fingerprint density at radius 1 is 1.08 bits per heavy atom. The number of hydrogen-bond donors (Lipinski definition) is 1. The monoisotopic (exact) mass is 394 g/mol. The normalized spacial score (nSPS) is 10.3. The van der Waals surface area contributed by atoms with Crippen LogP contribution < -0.4 is 10.1 Å². The molecule has 5 nitrogen and oxygen atoms in total. The number of nitrogens with one attached hydrogen (secondary N) is 1. The van der Waals surface area contributed by atoms with Crippen molar-refractivity contribution in [1.29, 1.82) is 0 Å². The lowest BCUT2D eigenvalue weighted by atomic mass is 10.1. The fourth-order valence-corrected chi connectivity index (χ4v) is 2.68. The molecule has 0 unspecified atom stereocenters. The van der Waals surface area contributed by atoms with Gasteiger partial charge in [0.1, 0.15) is 5.75 Å². The molecule has 0 aromatic heterocycles. The SMILES string of the molecule is CCN(CC(=O)Nc1ccc(OC)cc1)C(=O)Cc1ccc(Cl)c(Cl)c1. The highest BCUT2D eigenvalue weighted by molar-refractivity contribution is 6.42. The number of likely N-dealkylation sites (N-methyl/N-ethyl adjacent to an activating group) is 1. The van der Waals surface area contributed by atoms with Crippen LogP contribution in [0.2, 0.25) is 10.0 Å². The number of carbonyl (C=O) groups is 2. The number of amides is 2. The minimum atomic E-state index is -0.264. The molecule has 0 heterocycles. The van der Waals surface area contributed by atoms with E-state index in [1.54, 1.807) is 49.6 Å². The summed E-state index contributed by atoms with van der Waals surface area (Å²) >= 11 is 11.9. The van der Waals surface area contributed by atoms with Gasteiger partial charge in [-0.15, -0.1) is 0 Å². The third kappa shape index (κ3) is 5.64. The van der Waals surface area contributed by atoms with Crippen molar-refractivity contribution in [2.24, 2.45) is 0 Å². The van der Waals surface area contributed by atoms with Gasteiger partial charge in [-0.25, -0.2) is 0 Å². The van der Waals surface area contributed by atoms with Gasteiger partial charge in [-0.05, 0) is 48.9 Å². The maximum Gasteiger partial charge on any atom is 0.243 e. The molecule has 0 atom stereocenters. The second-order valence-electron chi connectivity index (χ2n) is 5.61. The van der Waals surface area contributed by atoms with Crippen molar-refractivity contribution in [2.75, 3.05) is 25.5 Å². The minimum Gasteiger partial charge on any atom is -0.497 e. The summed E-state index contributed by atoms with van der Waals surface area (Å²) < 4.78 is 5.08. The molecule has 2 aromatic carbocycles. The van der Waals surface area contributed by atoms with Crippen molar-refractivity contribution >= 4 is 40.7 Å². The van der Waals surface area contributed by atoms with Crippen LogP contribution in [0.15, 0.2) is 42.5 Å². The third-order valence-electron chi connectivity index (χ3n) is 3.78. The van der Waals surface area contributed by atoms with E-state index >= 15 is 0 Å². The van der Waals surface area contributed by atoms with Gasteiger partial charge in [0.05, 0.1) is 30.1 Å². The van der Waals surface area contributed by atoms with Crippen LogP contribution in [0.4, 0.5) is 5.69 Å². The second kappa shape index (κ2) is 9.46. The van der Waals surface area contributed by atoms with E-state index in [1.807, 2.05) is 6.92 Å². The number of nitrogens with zero attached hydrogens (tertiary/aromatic N) is 1. The van der Waals surface area contributed by atoms with E-state index in [9.17, 15) is 9.59 Å². The summed E-state index contributed by atoms with van der Waals surface area (Å²) in [5.74, 6) is 0.283. The lowest BCUT2D eigenvalue weighted by Crippen LogP contribution is -2.38. The van der Waals surface area contributed by atoms with Crippen molar-refractivity contribution in [1.82, 2.24) is 4.90 Å². The molecule has 0 saturated heterocycles. The molecule has 1 N–H and O–H groups in total. The van der Waals surface area contributed by atoms with Crippen LogP contribution in [-0.4, -0.2) is 36.9 Å². The maximum absolute atomic E-state index is 12.5. The van der Waals surface area contributed by atoms with Crippen molar-refractivity contribution in [3.05, 3.63) is 58.1 Å². The zero-order valence-electron chi connectivity index (χ0n) is 14.6. The fourth-order valence-electron chi connectivity index (χ4n) is 2.36. The van der Waals surface area contributed by atoms with Gasteiger partial charge in [0.15, 0.2) is 0 Å². The molecule has 0 bridgehead atoms. The van der Waals surface area contributed by atoms with Gasteiger partial charge in [-0.3, -0.25) is 9.59 Å². The van der Waals surface area contributed by atoms with Crippen LogP contribution in [0.5, 0.6) is 5.75 Å². The standard InChI is InChI=1S/C19H20Cl2N2O3/c1-3-23(19(25)11-13-4-9-16(20)17(21)10-13)12-18(24)22-14-5-7-15(26-2)8-6-14/h4-10H,3,11-12H2,1-2H3,(H,22,24). The largest absolute Gasteiger partial charge is 0.497 e. The van der Waals surface area contributed by atoms with E-state index in [-0.39, 0.29) is 24.8 Å². The van der Waals surface area contributed by atoms with Crippen LogP contribution >= 0.6 is 23.2 Å². The predicted octanol–water partition coefficient (Wildman–Crippen LogP) is 4.03. The number of carbonyl (C=O) groups excluding carboxylic acids is 2. The summed E-state index contributed by atoms with van der Waals surface area (Å²) in [6.45, 7) is 2.23. The average Bonchev–Trinajstić information content (AvgIpc) is 2.63. The number of halogens is 2. The first-order chi connectivity index (χ1) is 12.4. The molecule has 0 aliphatic carbocycles. The van der Waals surface area contributed by atoms with Crippen molar-refractivity contribution < 1.29 is 14.3 Å². The molecule has 0 radical (unpaired) electrons. The average molecular weight is 395 g/mol. The number of hydrogen-bond acceptors (Lipinski definition) is 3. The van der Waals surface area contributed by atoms with Crippen molar-refractivity contribution in [3.63, 3.8) is 0 Å². The van der Waals surface area contributed by atoms with E-state index in [0.717, 1.165) is 5.56 Å². The Bertz CT molecular complexity index is 779. The van der Waals surface area contributed by atoms with Crippen LogP contribution in [0, 0.1) is 0 Å². The summed E-state index contributed by atoms with van der Waals surface area (Å²) in [7, 11) is 1.58. The smallest absolute Gasteiger partial charge is 0.243 e. The topological polar surface area (TPSA) is 58.6 Å². The lowest BCUT2D eigenvalue weighted by Gasteiger charge is -2.20. The van der Waals surface area contributed by atoms with Crippen LogP contribution in [0.3, 0.4) is 0 Å². The second-order valence-corrected chi connectivity index (χ2v) is 6.42. The quantitative estimate of drug-likeness (QED) is 0.770. The van der Waals surface area contributed by atoms with Crippen LogP contribution in [0.25, 0.3) is 0 Å². The number of benzene rings is 2. The fraction of sp³-hybridized carbons (Fsp3) is 0.263. The van der Waals surface area contributed by atoms with Crippen molar-refractivity contribution in [2.45, 2.75) is 13.3 Å². The molecule has 0 fully saturated rings. The Morgan fingerprint density at radius 3 is 2.35 bits per heavy atom. The molecule has 2 aromatic rings. The zero-order valence-corrected chi connectivity index (χ0v) is 16.1. The molecule has 2 rings (SSSR count). The number of methoxy groups -OCH3 is 1. The molecule has 138 valence electrons. The van der Waals surface area contributed by atoms with Crippen LogP contribution in [0.1, 0.15) is 12.5 Å². The highest BCUT2D eigenvalue weighted by Crippen LogP contribution is 2.23. The molecule has 0 spiro atoms. The third-order valence-corrected chi connectivity index (χ3v) is 4.52. The molecule has 26 heavy (non-hydrogen) atoms. The first-order valence-corrected chi connectivity index (χ1v) is 8.84. The Labute approximate surface area is 162 Å². The Balaban J connectivity index is 1.94. The molecule has 0 aliphatic rings. The van der Waals surface area contributed by atoms with E-state index < -0.39 is 0 Å². The molecular formula is C19H20Cl2N2O3. The van der Waals surface area contributed by atoms with E-state index in [2.05, 4.69) is 5.32 Å². The van der Waals surface area contributed by atoms with Gasteiger partial charge in [0.2, 0.25) is 11.8 Å². The summed E-state index contributed by atoms with van der Waals surface area (Å²) in [4.78, 5) is 26.2. The first-order valence-electron chi connectivity index (χ1n) is 8.08. The molecular weight excluding hydrogens is 375 g/mol. The van der Waals surface area contributed by atoms with E-state index in [1.165, 1.54) is 4.90 Å². The lowest BCUT2D eigenvalue weighted by molar-refractivity contribution is -0.133. The molecule has 7 heteroatoms. The predicted molar refractivity (Wildman–Crippen MR) is 104 cm³/mol. The van der Waals surface area contributed by atoms with E-state index in [4.69, 9.17) is 27.9 Å². The summed E-state index contributed by atoms with van der Waals surface area (Å²) in [5.41, 5.74) is 1.39. The van der Waals surface area contributed by atoms with Crippen LogP contribution in [-0.2, 0) is 16.0 Å². The molecule has 0 aliphatic heterocycles. The van der Waals surface area contributed by atoms with Gasteiger partial charge in [0, 0.05) is 12.2 Å². The van der Waals surface area contributed by atoms with Gasteiger partial charge in [0.25, 0.3) is 0 Å². The number of rotatable bonds is 7. The minimum absolute atomic E-state index is 0.0251. The number of ether oxygens (including phenoxy) is 1. The van der Waals surface area contributed by atoms with Gasteiger partial charge in [-0.1, -0.05) is 29.3 Å². The summed E-state index contributed by atoms with van der Waals surface area (Å²) in [5, 5.41) is 3.61. The summed E-state index contributed by atoms with van der Waals surface area (Å²) in [6, 6.07) is 12.0. The molecule has 0 saturated carbocycles. The Kier molecular flexibility index (Phi) is 7.30. The molecule has 2 amide bonds. The van der Waals surface area contributed by atoms with Gasteiger partial charge in [-0.2, -0.15) is 0 Å². The Hall–Kier alpha value is -2.24. The highest BCUT2D eigenvalue weighted by Gasteiger charge is 2.16. The Morgan fingerprint density at radius 2 is 1.77 bits per heavy atom. The summed E-state index contributed by atoms with van der Waals surface area (Å²) in [6.07, 6.45) is 0.153.